The van der Waals surface area contributed by atoms with Gasteiger partial charge in [-0.15, -0.1) is 0 Å². The molecule has 1 aromatic carbocycles. The monoisotopic (exact) mass is 189 g/mol. The molecule has 0 aliphatic carbocycles. The lowest BCUT2D eigenvalue weighted by atomic mass is 9.85. The summed E-state index contributed by atoms with van der Waals surface area (Å²) in [5.41, 5.74) is 2.44. The van der Waals surface area contributed by atoms with Crippen molar-refractivity contribution in [1.82, 2.24) is 0 Å². The summed E-state index contributed by atoms with van der Waals surface area (Å²) in [4.78, 5) is 0. The minimum atomic E-state index is 0.117. The molecule has 0 unspecified atom stereocenters. The molecule has 0 bridgehead atoms. The van der Waals surface area contributed by atoms with Crippen LogP contribution >= 0.6 is 0 Å². The number of nitrogens with one attached hydrogen (secondary N) is 1. The van der Waals surface area contributed by atoms with Crippen LogP contribution < -0.4 is 10.1 Å². The van der Waals surface area contributed by atoms with E-state index in [0.29, 0.717) is 5.88 Å². The number of rotatable bonds is 0. The summed E-state index contributed by atoms with van der Waals surface area (Å²) in [5.74, 6) is 1.49. The second-order valence-corrected chi connectivity index (χ2v) is 4.58. The summed E-state index contributed by atoms with van der Waals surface area (Å²) < 4.78 is 5.44. The van der Waals surface area contributed by atoms with Crippen molar-refractivity contribution in [3.63, 3.8) is 0 Å². The molecule has 1 N–H and O–H groups in total. The topological polar surface area (TPSA) is 21.3 Å². The van der Waals surface area contributed by atoms with Gasteiger partial charge < -0.3 is 10.1 Å². The SMILES string of the molecule is C=C1Nc2c(cccc2C(C)(C)C)O1. The lowest BCUT2D eigenvalue weighted by Crippen LogP contribution is -2.12. The fourth-order valence-electron chi connectivity index (χ4n) is 1.67. The molecular weight excluding hydrogens is 174 g/mol. The van der Waals surface area contributed by atoms with Crippen molar-refractivity contribution in [3.05, 3.63) is 36.2 Å². The molecule has 1 aliphatic heterocycles. The molecule has 2 rings (SSSR count). The number of ether oxygens (including phenoxy) is 1. The van der Waals surface area contributed by atoms with Crippen molar-refractivity contribution in [1.29, 1.82) is 0 Å². The predicted octanol–water partition coefficient (Wildman–Crippen LogP) is 3.26. The summed E-state index contributed by atoms with van der Waals surface area (Å²) in [6.07, 6.45) is 0. The van der Waals surface area contributed by atoms with Gasteiger partial charge in [0.1, 0.15) is 0 Å². The van der Waals surface area contributed by atoms with Gasteiger partial charge in [0, 0.05) is 0 Å². The van der Waals surface area contributed by atoms with E-state index in [2.05, 4.69) is 38.7 Å². The van der Waals surface area contributed by atoms with E-state index in [-0.39, 0.29) is 5.41 Å². The van der Waals surface area contributed by atoms with Crippen molar-refractivity contribution < 1.29 is 4.74 Å². The Hall–Kier alpha value is -1.44. The first-order chi connectivity index (χ1) is 6.48. The summed E-state index contributed by atoms with van der Waals surface area (Å²) in [6.45, 7) is 10.3. The van der Waals surface area contributed by atoms with Gasteiger partial charge in [0.2, 0.25) is 0 Å². The summed E-state index contributed by atoms with van der Waals surface area (Å²) in [6, 6.07) is 6.09. The molecule has 0 fully saturated rings. The maximum absolute atomic E-state index is 5.44. The smallest absolute Gasteiger partial charge is 0.190 e. The quantitative estimate of drug-likeness (QED) is 0.676. The number of hydrogen-bond acceptors (Lipinski definition) is 2. The third-order valence-corrected chi connectivity index (χ3v) is 2.33. The molecule has 0 saturated heterocycles. The second kappa shape index (κ2) is 2.77. The molecule has 1 aromatic rings. The zero-order chi connectivity index (χ0) is 10.3. The van der Waals surface area contributed by atoms with Crippen LogP contribution in [0.15, 0.2) is 30.7 Å². The van der Waals surface area contributed by atoms with Crippen LogP contribution in [0.1, 0.15) is 26.3 Å². The third-order valence-electron chi connectivity index (χ3n) is 2.33. The van der Waals surface area contributed by atoms with Crippen molar-refractivity contribution in [2.45, 2.75) is 26.2 Å². The van der Waals surface area contributed by atoms with E-state index in [0.717, 1.165) is 11.4 Å². The van der Waals surface area contributed by atoms with Crippen LogP contribution in [0.25, 0.3) is 0 Å². The van der Waals surface area contributed by atoms with Gasteiger partial charge in [0.05, 0.1) is 5.69 Å². The minimum absolute atomic E-state index is 0.117. The summed E-state index contributed by atoms with van der Waals surface area (Å²) in [7, 11) is 0. The largest absolute Gasteiger partial charge is 0.440 e. The van der Waals surface area contributed by atoms with E-state index in [4.69, 9.17) is 4.74 Å². The molecule has 14 heavy (non-hydrogen) atoms. The van der Waals surface area contributed by atoms with Gasteiger partial charge in [-0.2, -0.15) is 0 Å². The molecule has 0 saturated carbocycles. The van der Waals surface area contributed by atoms with Crippen LogP contribution in [0, 0.1) is 0 Å². The Kier molecular flexibility index (Phi) is 1.81. The van der Waals surface area contributed by atoms with E-state index in [1.165, 1.54) is 5.56 Å². The van der Waals surface area contributed by atoms with E-state index in [9.17, 15) is 0 Å². The van der Waals surface area contributed by atoms with Crippen molar-refractivity contribution in [3.8, 4) is 5.75 Å². The Morgan fingerprint density at radius 2 is 2.00 bits per heavy atom. The average Bonchev–Trinajstić information content (AvgIpc) is 2.41. The molecule has 0 atom stereocenters. The van der Waals surface area contributed by atoms with Crippen LogP contribution in [0.2, 0.25) is 0 Å². The number of benzene rings is 1. The highest BCUT2D eigenvalue weighted by molar-refractivity contribution is 5.69. The summed E-state index contributed by atoms with van der Waals surface area (Å²) >= 11 is 0. The maximum atomic E-state index is 5.44. The van der Waals surface area contributed by atoms with Gasteiger partial charge in [-0.05, 0) is 23.6 Å². The fraction of sp³-hybridized carbons (Fsp3) is 0.333. The van der Waals surface area contributed by atoms with Gasteiger partial charge in [0.15, 0.2) is 11.6 Å². The highest BCUT2D eigenvalue weighted by Crippen LogP contribution is 2.40. The van der Waals surface area contributed by atoms with E-state index >= 15 is 0 Å². The van der Waals surface area contributed by atoms with Gasteiger partial charge in [-0.1, -0.05) is 32.9 Å². The number of anilines is 1. The first-order valence-corrected chi connectivity index (χ1v) is 4.76. The Bertz CT molecular complexity index is 388. The normalized spacial score (nSPS) is 14.6. The van der Waals surface area contributed by atoms with Crippen LogP contribution in [0.4, 0.5) is 5.69 Å². The predicted molar refractivity (Wildman–Crippen MR) is 58.5 cm³/mol. The first-order valence-electron chi connectivity index (χ1n) is 4.76. The van der Waals surface area contributed by atoms with Crippen LogP contribution in [0.3, 0.4) is 0 Å². The van der Waals surface area contributed by atoms with Gasteiger partial charge in [-0.3, -0.25) is 0 Å². The molecule has 0 spiro atoms. The standard InChI is InChI=1S/C12H15NO/c1-8-13-11-9(12(2,3)4)6-5-7-10(11)14-8/h5-7,13H,1H2,2-4H3. The first kappa shape index (κ1) is 9.13. The number of fused-ring (bicyclic) bond motifs is 1. The molecule has 0 radical (unpaired) electrons. The number of para-hydroxylation sites is 1. The van der Waals surface area contributed by atoms with E-state index < -0.39 is 0 Å². The van der Waals surface area contributed by atoms with E-state index in [1.807, 2.05) is 12.1 Å². The van der Waals surface area contributed by atoms with Crippen molar-refractivity contribution in [2.24, 2.45) is 0 Å². The molecule has 1 heterocycles. The molecular formula is C12H15NO. The van der Waals surface area contributed by atoms with Crippen molar-refractivity contribution in [2.75, 3.05) is 5.32 Å². The van der Waals surface area contributed by atoms with Gasteiger partial charge in [0.25, 0.3) is 0 Å². The fourth-order valence-corrected chi connectivity index (χ4v) is 1.67. The zero-order valence-electron chi connectivity index (χ0n) is 8.85. The highest BCUT2D eigenvalue weighted by atomic mass is 16.5. The summed E-state index contributed by atoms with van der Waals surface area (Å²) in [5, 5.41) is 3.16. The van der Waals surface area contributed by atoms with Crippen molar-refractivity contribution >= 4 is 5.69 Å². The molecule has 0 amide bonds. The Morgan fingerprint density at radius 3 is 2.64 bits per heavy atom. The maximum Gasteiger partial charge on any atom is 0.190 e. The van der Waals surface area contributed by atoms with Crippen LogP contribution in [0.5, 0.6) is 5.75 Å². The van der Waals surface area contributed by atoms with Gasteiger partial charge >= 0.3 is 0 Å². The molecule has 2 heteroatoms. The second-order valence-electron chi connectivity index (χ2n) is 4.58. The Balaban J connectivity index is 2.55. The van der Waals surface area contributed by atoms with Gasteiger partial charge in [-0.25, -0.2) is 0 Å². The lowest BCUT2D eigenvalue weighted by Gasteiger charge is -2.21. The zero-order valence-corrected chi connectivity index (χ0v) is 8.85. The van der Waals surface area contributed by atoms with Crippen LogP contribution in [-0.2, 0) is 5.41 Å². The Labute approximate surface area is 84.6 Å². The molecule has 1 aliphatic rings. The Morgan fingerprint density at radius 1 is 1.29 bits per heavy atom. The average molecular weight is 189 g/mol. The highest BCUT2D eigenvalue weighted by Gasteiger charge is 2.24. The number of hydrogen-bond donors (Lipinski definition) is 1. The lowest BCUT2D eigenvalue weighted by molar-refractivity contribution is 0.459. The third kappa shape index (κ3) is 1.37. The van der Waals surface area contributed by atoms with E-state index in [1.54, 1.807) is 0 Å². The van der Waals surface area contributed by atoms with Crippen LogP contribution in [-0.4, -0.2) is 0 Å². The molecule has 74 valence electrons. The molecule has 2 nitrogen and oxygen atoms in total. The minimum Gasteiger partial charge on any atom is -0.440 e. The molecule has 0 aromatic heterocycles.